The Morgan fingerprint density at radius 3 is 2.62 bits per heavy atom. The third-order valence-electron chi connectivity index (χ3n) is 2.08. The summed E-state index contributed by atoms with van der Waals surface area (Å²) in [6.07, 6.45) is 3.40. The van der Waals surface area contributed by atoms with Crippen molar-refractivity contribution in [2.24, 2.45) is 0 Å². The first kappa shape index (κ1) is 12.5. The van der Waals surface area contributed by atoms with E-state index in [-0.39, 0.29) is 4.91 Å². The van der Waals surface area contributed by atoms with Gasteiger partial charge in [0.15, 0.2) is 0 Å². The van der Waals surface area contributed by atoms with Gasteiger partial charge in [-0.15, -0.1) is 0 Å². The quantitative estimate of drug-likeness (QED) is 0.625. The van der Waals surface area contributed by atoms with Crippen LogP contribution >= 0.6 is 0 Å². The van der Waals surface area contributed by atoms with Gasteiger partial charge in [-0.3, -0.25) is 4.55 Å². The Labute approximate surface area is 94.8 Å². The van der Waals surface area contributed by atoms with E-state index in [1.165, 1.54) is 0 Å². The third-order valence-corrected chi connectivity index (χ3v) is 2.93. The second-order valence-electron chi connectivity index (χ2n) is 3.21. The molecule has 0 aliphatic carbocycles. The van der Waals surface area contributed by atoms with Gasteiger partial charge in [0.2, 0.25) is 0 Å². The molecule has 0 fully saturated rings. The Bertz CT molecular complexity index is 544. The molecule has 4 nitrogen and oxygen atoms in total. The summed E-state index contributed by atoms with van der Waals surface area (Å²) in [4.78, 5) is -0.354. The Balaban J connectivity index is 3.46. The van der Waals surface area contributed by atoms with Gasteiger partial charge in [0, 0.05) is 16.8 Å². The Morgan fingerprint density at radius 1 is 1.50 bits per heavy atom. The zero-order valence-electron chi connectivity index (χ0n) is 8.84. The Hall–Kier alpha value is -1.59. The Kier molecular flexibility index (Phi) is 3.51. The number of rotatable bonds is 3. The fourth-order valence-electron chi connectivity index (χ4n) is 1.32. The van der Waals surface area contributed by atoms with E-state index in [0.717, 1.165) is 0 Å². The van der Waals surface area contributed by atoms with Crippen LogP contribution < -0.4 is 5.73 Å². The van der Waals surface area contributed by atoms with Crippen molar-refractivity contribution >= 4 is 26.8 Å². The van der Waals surface area contributed by atoms with Crippen LogP contribution in [0.25, 0.3) is 11.0 Å². The van der Waals surface area contributed by atoms with E-state index in [2.05, 4.69) is 6.58 Å². The minimum Gasteiger partial charge on any atom is -0.398 e. The van der Waals surface area contributed by atoms with Crippen LogP contribution in [-0.4, -0.2) is 13.0 Å². The first-order chi connectivity index (χ1) is 7.38. The standard InChI is InChI=1S/C11H13NO3S/c1-3-5-10-9(6-4-7-11(10)12)8(2)16(13,14)15/h3-7H,2,12H2,1H3,(H,13,14,15)/b5-3-. The number of hydrogen-bond donors (Lipinski definition) is 2. The minimum atomic E-state index is -4.30. The van der Waals surface area contributed by atoms with Gasteiger partial charge >= 0.3 is 0 Å². The fourth-order valence-corrected chi connectivity index (χ4v) is 1.77. The molecular weight excluding hydrogens is 226 g/mol. The van der Waals surface area contributed by atoms with Crippen molar-refractivity contribution < 1.29 is 13.0 Å². The second-order valence-corrected chi connectivity index (χ2v) is 4.65. The summed E-state index contributed by atoms with van der Waals surface area (Å²) >= 11 is 0. The summed E-state index contributed by atoms with van der Waals surface area (Å²) in [6, 6.07) is 4.80. The number of nitrogen functional groups attached to an aromatic ring is 1. The van der Waals surface area contributed by atoms with Crippen molar-refractivity contribution in [3.8, 4) is 0 Å². The van der Waals surface area contributed by atoms with Crippen molar-refractivity contribution in [2.45, 2.75) is 6.92 Å². The maximum Gasteiger partial charge on any atom is 0.294 e. The highest BCUT2D eigenvalue weighted by atomic mass is 32.2. The average Bonchev–Trinajstić information content (AvgIpc) is 2.19. The summed E-state index contributed by atoms with van der Waals surface area (Å²) in [5.41, 5.74) is 6.99. The van der Waals surface area contributed by atoms with Crippen molar-refractivity contribution in [1.82, 2.24) is 0 Å². The fraction of sp³-hybridized carbons (Fsp3) is 0.0909. The van der Waals surface area contributed by atoms with E-state index < -0.39 is 10.1 Å². The van der Waals surface area contributed by atoms with Crippen molar-refractivity contribution in [3.05, 3.63) is 42.0 Å². The molecule has 0 bridgehead atoms. The van der Waals surface area contributed by atoms with Gasteiger partial charge in [0.25, 0.3) is 10.1 Å². The molecule has 0 radical (unpaired) electrons. The van der Waals surface area contributed by atoms with Crippen LogP contribution in [0.1, 0.15) is 18.1 Å². The van der Waals surface area contributed by atoms with Crippen LogP contribution in [0.15, 0.2) is 30.9 Å². The maximum atomic E-state index is 11.0. The molecule has 0 heterocycles. The third kappa shape index (κ3) is 2.50. The molecule has 0 aromatic heterocycles. The first-order valence-corrected chi connectivity index (χ1v) is 6.00. The van der Waals surface area contributed by atoms with E-state index in [1.54, 1.807) is 37.3 Å². The molecule has 0 spiro atoms. The summed E-state index contributed by atoms with van der Waals surface area (Å²) in [7, 11) is -4.30. The molecule has 0 saturated heterocycles. The van der Waals surface area contributed by atoms with Crippen LogP contribution in [0, 0.1) is 0 Å². The monoisotopic (exact) mass is 239 g/mol. The SMILES string of the molecule is C=C(c1cccc(N)c1/C=C\C)S(=O)(=O)O. The normalized spacial score (nSPS) is 11.9. The topological polar surface area (TPSA) is 80.4 Å². The van der Waals surface area contributed by atoms with Gasteiger partial charge in [-0.25, -0.2) is 0 Å². The smallest absolute Gasteiger partial charge is 0.294 e. The lowest BCUT2D eigenvalue weighted by Gasteiger charge is -2.09. The van der Waals surface area contributed by atoms with Crippen molar-refractivity contribution in [2.75, 3.05) is 5.73 Å². The van der Waals surface area contributed by atoms with E-state index in [9.17, 15) is 8.42 Å². The van der Waals surface area contributed by atoms with Gasteiger partial charge in [0.1, 0.15) is 0 Å². The number of allylic oxidation sites excluding steroid dienone is 1. The van der Waals surface area contributed by atoms with Gasteiger partial charge in [0.05, 0.1) is 4.91 Å². The predicted octanol–water partition coefficient (Wildman–Crippen LogP) is 2.16. The molecule has 0 saturated carbocycles. The number of nitrogens with two attached hydrogens (primary N) is 1. The lowest BCUT2D eigenvalue weighted by molar-refractivity contribution is 0.496. The predicted molar refractivity (Wildman–Crippen MR) is 66.1 cm³/mol. The molecular formula is C11H13NO3S. The summed E-state index contributed by atoms with van der Waals surface area (Å²) in [5, 5.41) is 0. The molecule has 0 unspecified atom stereocenters. The highest BCUT2D eigenvalue weighted by Gasteiger charge is 2.16. The molecule has 0 atom stereocenters. The van der Waals surface area contributed by atoms with Crippen LogP contribution in [0.4, 0.5) is 5.69 Å². The van der Waals surface area contributed by atoms with Crippen molar-refractivity contribution in [1.29, 1.82) is 0 Å². The lowest BCUT2D eigenvalue weighted by atomic mass is 10.0. The van der Waals surface area contributed by atoms with E-state index in [4.69, 9.17) is 10.3 Å². The van der Waals surface area contributed by atoms with Gasteiger partial charge in [-0.1, -0.05) is 30.9 Å². The highest BCUT2D eigenvalue weighted by Crippen LogP contribution is 2.27. The molecule has 5 heteroatoms. The Morgan fingerprint density at radius 2 is 2.12 bits per heavy atom. The molecule has 3 N–H and O–H groups in total. The minimum absolute atomic E-state index is 0.306. The molecule has 16 heavy (non-hydrogen) atoms. The van der Waals surface area contributed by atoms with Crippen LogP contribution in [0.2, 0.25) is 0 Å². The van der Waals surface area contributed by atoms with Gasteiger partial charge in [-0.05, 0) is 13.0 Å². The van der Waals surface area contributed by atoms with Gasteiger partial charge in [-0.2, -0.15) is 8.42 Å². The van der Waals surface area contributed by atoms with Crippen molar-refractivity contribution in [3.63, 3.8) is 0 Å². The van der Waals surface area contributed by atoms with Crippen LogP contribution in [0.3, 0.4) is 0 Å². The zero-order chi connectivity index (χ0) is 12.3. The largest absolute Gasteiger partial charge is 0.398 e. The summed E-state index contributed by atoms with van der Waals surface area (Å²) < 4.78 is 30.9. The van der Waals surface area contributed by atoms with Crippen LogP contribution in [-0.2, 0) is 10.1 Å². The van der Waals surface area contributed by atoms with Gasteiger partial charge < -0.3 is 5.73 Å². The molecule has 1 aromatic carbocycles. The van der Waals surface area contributed by atoms with E-state index >= 15 is 0 Å². The van der Waals surface area contributed by atoms with E-state index in [1.807, 2.05) is 0 Å². The number of hydrogen-bond acceptors (Lipinski definition) is 3. The average molecular weight is 239 g/mol. The second kappa shape index (κ2) is 4.51. The molecule has 0 aliphatic heterocycles. The van der Waals surface area contributed by atoms with Crippen LogP contribution in [0.5, 0.6) is 0 Å². The maximum absolute atomic E-state index is 11.0. The molecule has 86 valence electrons. The molecule has 0 aliphatic rings. The molecule has 1 aromatic rings. The highest BCUT2D eigenvalue weighted by molar-refractivity contribution is 7.95. The number of anilines is 1. The molecule has 0 amide bonds. The molecule has 1 rings (SSSR count). The number of benzene rings is 1. The van der Waals surface area contributed by atoms with E-state index in [0.29, 0.717) is 16.8 Å². The lowest BCUT2D eigenvalue weighted by Crippen LogP contribution is -2.03. The zero-order valence-corrected chi connectivity index (χ0v) is 9.66. The summed E-state index contributed by atoms with van der Waals surface area (Å²) in [5.74, 6) is 0. The first-order valence-electron chi connectivity index (χ1n) is 4.56. The summed E-state index contributed by atoms with van der Waals surface area (Å²) in [6.45, 7) is 5.14.